The summed E-state index contributed by atoms with van der Waals surface area (Å²) in [5, 5.41) is 35.2. The number of aliphatic carboxylic acids is 1. The molecule has 0 spiro atoms. The van der Waals surface area contributed by atoms with Crippen molar-refractivity contribution in [2.75, 3.05) is 39.3 Å². The van der Waals surface area contributed by atoms with E-state index >= 15 is 0 Å². The minimum absolute atomic E-state index is 0.0839. The van der Waals surface area contributed by atoms with E-state index in [-0.39, 0.29) is 62.8 Å². The summed E-state index contributed by atoms with van der Waals surface area (Å²) >= 11 is 0. The molecule has 424 valence electrons. The molecule has 10 amide bonds. The average molecular weight is 1060 g/mol. The Morgan fingerprint density at radius 3 is 1.07 bits per heavy atom. The van der Waals surface area contributed by atoms with E-state index in [9.17, 15) is 57.8 Å². The summed E-state index contributed by atoms with van der Waals surface area (Å²) in [6.07, 6.45) is 3.62. The molecule has 0 unspecified atom stereocenters. The number of unbranched alkanes of at least 4 members (excludes halogenated alkanes) is 3. The molecule has 0 aromatic rings. The fraction of sp³-hybridized carbons (Fsp3) is 0.771. The van der Waals surface area contributed by atoms with E-state index in [1.165, 1.54) is 13.8 Å². The summed E-state index contributed by atoms with van der Waals surface area (Å²) in [5.41, 5.74) is 22.2. The van der Waals surface area contributed by atoms with Crippen molar-refractivity contribution < 1.29 is 57.8 Å². The van der Waals surface area contributed by atoms with E-state index in [1.807, 2.05) is 41.5 Å². The highest BCUT2D eigenvalue weighted by Gasteiger charge is 2.33. The summed E-state index contributed by atoms with van der Waals surface area (Å²) in [7, 11) is 0. The van der Waals surface area contributed by atoms with Crippen LogP contribution < -0.4 is 76.1 Å². The predicted octanol–water partition coefficient (Wildman–Crippen LogP) is -3.29. The van der Waals surface area contributed by atoms with Crippen LogP contribution in [-0.4, -0.2) is 158 Å². The van der Waals surface area contributed by atoms with E-state index in [1.54, 1.807) is 0 Å². The average Bonchev–Trinajstić information content (AvgIpc) is 3.32. The van der Waals surface area contributed by atoms with Gasteiger partial charge in [-0.3, -0.25) is 47.9 Å². The highest BCUT2D eigenvalue weighted by molar-refractivity contribution is 5.98. The van der Waals surface area contributed by atoms with Gasteiger partial charge in [0.25, 0.3) is 0 Å². The molecule has 0 rings (SSSR count). The van der Waals surface area contributed by atoms with Gasteiger partial charge in [0, 0.05) is 0 Å². The van der Waals surface area contributed by atoms with Crippen LogP contribution >= 0.6 is 0 Å². The SMILES string of the molecule is CC(C)C[C@H](NC(=O)CNC(=O)[C@H](CCCCN)NC(=O)[C@H](CC(C)C)NC(=O)[C@H](C)NC(=O)[C@H](CCCCN)NC(=O)[C@H](CC(C)C)NC(=O)[C@H](C)NC(=O)CNC(=O)CN)C(=O)N[C@@H](CCCCN)C(=O)O. The highest BCUT2D eigenvalue weighted by Crippen LogP contribution is 2.12. The van der Waals surface area contributed by atoms with Gasteiger partial charge in [0.15, 0.2) is 0 Å². The Morgan fingerprint density at radius 1 is 0.351 bits per heavy atom. The molecule has 8 atom stereocenters. The summed E-state index contributed by atoms with van der Waals surface area (Å²) < 4.78 is 0. The fourth-order valence-corrected chi connectivity index (χ4v) is 7.32. The third kappa shape index (κ3) is 29.6. The second-order valence-corrected chi connectivity index (χ2v) is 19.7. The van der Waals surface area contributed by atoms with Crippen molar-refractivity contribution >= 4 is 65.0 Å². The van der Waals surface area contributed by atoms with Crippen molar-refractivity contribution in [3.8, 4) is 0 Å². The van der Waals surface area contributed by atoms with Gasteiger partial charge in [0.2, 0.25) is 59.1 Å². The summed E-state index contributed by atoms with van der Waals surface area (Å²) in [6.45, 7) is 13.3. The Hall–Kier alpha value is -5.99. The molecule has 0 heterocycles. The fourth-order valence-electron chi connectivity index (χ4n) is 7.32. The van der Waals surface area contributed by atoms with Crippen molar-refractivity contribution in [1.29, 1.82) is 0 Å². The number of nitrogens with one attached hydrogen (secondary N) is 10. The van der Waals surface area contributed by atoms with Crippen LogP contribution in [0.5, 0.6) is 0 Å². The van der Waals surface area contributed by atoms with Crippen molar-refractivity contribution in [1.82, 2.24) is 53.2 Å². The van der Waals surface area contributed by atoms with Crippen molar-refractivity contribution in [3.63, 3.8) is 0 Å². The van der Waals surface area contributed by atoms with E-state index in [0.717, 1.165) is 0 Å². The van der Waals surface area contributed by atoms with E-state index in [0.29, 0.717) is 58.2 Å². The number of amides is 10. The zero-order valence-corrected chi connectivity index (χ0v) is 44.8. The normalized spacial score (nSPS) is 14.4. The Balaban J connectivity index is 6.11. The van der Waals surface area contributed by atoms with Gasteiger partial charge >= 0.3 is 5.97 Å². The van der Waals surface area contributed by atoms with Gasteiger partial charge in [-0.15, -0.1) is 0 Å². The predicted molar refractivity (Wildman–Crippen MR) is 277 cm³/mol. The Bertz CT molecular complexity index is 1820. The molecule has 26 heteroatoms. The molecule has 19 N–H and O–H groups in total. The zero-order valence-electron chi connectivity index (χ0n) is 44.8. The summed E-state index contributed by atoms with van der Waals surface area (Å²) in [5.74, 6) is -8.64. The van der Waals surface area contributed by atoms with Gasteiger partial charge in [-0.2, -0.15) is 0 Å². The third-order valence-electron chi connectivity index (χ3n) is 11.3. The summed E-state index contributed by atoms with van der Waals surface area (Å²) in [4.78, 5) is 144. The van der Waals surface area contributed by atoms with Crippen LogP contribution in [0.25, 0.3) is 0 Å². The quantitative estimate of drug-likeness (QED) is 0.0268. The molecule has 0 aromatic carbocycles. The smallest absolute Gasteiger partial charge is 0.326 e. The van der Waals surface area contributed by atoms with Gasteiger partial charge in [0.05, 0.1) is 19.6 Å². The van der Waals surface area contributed by atoms with E-state index < -0.39 is 126 Å². The molecule has 26 nitrogen and oxygen atoms in total. The first-order valence-corrected chi connectivity index (χ1v) is 25.8. The molecule has 0 fully saturated rings. The molecule has 0 aliphatic heterocycles. The van der Waals surface area contributed by atoms with E-state index in [2.05, 4.69) is 53.2 Å². The second-order valence-electron chi connectivity index (χ2n) is 19.7. The molecular weight excluding hydrogens is 965 g/mol. The van der Waals surface area contributed by atoms with Gasteiger partial charge in [0.1, 0.15) is 48.3 Å². The largest absolute Gasteiger partial charge is 0.480 e. The Labute approximate surface area is 435 Å². The van der Waals surface area contributed by atoms with Crippen molar-refractivity contribution in [2.45, 2.75) is 181 Å². The van der Waals surface area contributed by atoms with Crippen LogP contribution in [0.2, 0.25) is 0 Å². The van der Waals surface area contributed by atoms with E-state index in [4.69, 9.17) is 22.9 Å². The number of carbonyl (C=O) groups excluding carboxylic acids is 10. The van der Waals surface area contributed by atoms with Crippen LogP contribution in [0.15, 0.2) is 0 Å². The lowest BCUT2D eigenvalue weighted by atomic mass is 10.0. The molecule has 0 saturated carbocycles. The molecule has 0 aromatic heterocycles. The maximum atomic E-state index is 13.9. The number of carbonyl (C=O) groups is 11. The Morgan fingerprint density at radius 2 is 0.676 bits per heavy atom. The molecule has 0 saturated heterocycles. The first kappa shape index (κ1) is 68.0. The van der Waals surface area contributed by atoms with Crippen LogP contribution in [0.4, 0.5) is 0 Å². The van der Waals surface area contributed by atoms with Crippen LogP contribution in [0, 0.1) is 17.8 Å². The molecule has 74 heavy (non-hydrogen) atoms. The molecule has 0 aliphatic carbocycles. The van der Waals surface area contributed by atoms with Crippen LogP contribution in [0.1, 0.15) is 132 Å². The molecular formula is C48H90N14O12. The monoisotopic (exact) mass is 1050 g/mol. The van der Waals surface area contributed by atoms with Gasteiger partial charge < -0.3 is 81.2 Å². The number of carboxylic acids is 1. The topological polar surface area (TPSA) is 432 Å². The van der Waals surface area contributed by atoms with Crippen LogP contribution in [-0.2, 0) is 52.7 Å². The number of rotatable bonds is 39. The number of hydrogen-bond donors (Lipinski definition) is 15. The first-order valence-electron chi connectivity index (χ1n) is 25.8. The maximum Gasteiger partial charge on any atom is 0.326 e. The lowest BCUT2D eigenvalue weighted by Crippen LogP contribution is -2.59. The third-order valence-corrected chi connectivity index (χ3v) is 11.3. The maximum absolute atomic E-state index is 13.9. The lowest BCUT2D eigenvalue weighted by molar-refractivity contribution is -0.142. The number of carboxylic acid groups (broad SMARTS) is 1. The Kier molecular flexibility index (Phi) is 34.6. The zero-order chi connectivity index (χ0) is 56.5. The molecule has 0 aliphatic rings. The molecule has 0 radical (unpaired) electrons. The lowest BCUT2D eigenvalue weighted by Gasteiger charge is -2.27. The van der Waals surface area contributed by atoms with Gasteiger partial charge in [-0.25, -0.2) is 4.79 Å². The minimum atomic E-state index is -1.25. The van der Waals surface area contributed by atoms with Crippen molar-refractivity contribution in [3.05, 3.63) is 0 Å². The standard InChI is InChI=1S/C48H90N14O12/c1-27(2)21-35(45(70)60-34(48(73)74)17-11-14-20-51)57-40(65)26-54-43(68)32(15-9-12-18-49)58-46(71)36(22-28(3)4)62-42(67)31(8)56-44(69)33(16-10-13-19-50)59-47(72)37(23-29(5)6)61-41(66)30(7)55-39(64)25-53-38(63)24-52/h27-37H,9-26,49-52H2,1-8H3,(H,53,63)(H,54,68)(H,55,64)(H,56,69)(H,57,65)(H,58,71)(H,59,72)(H,60,70)(H,61,66)(H,62,67)(H,73,74)/t30-,31-,32-,33-,34-,35-,36-,37-/m0/s1. The minimum Gasteiger partial charge on any atom is -0.480 e. The summed E-state index contributed by atoms with van der Waals surface area (Å²) in [6, 6.07) is -9.40. The van der Waals surface area contributed by atoms with Crippen molar-refractivity contribution in [2.24, 2.45) is 40.7 Å². The number of hydrogen-bond acceptors (Lipinski definition) is 15. The van der Waals surface area contributed by atoms with Gasteiger partial charge in [-0.05, 0) is 128 Å². The first-order chi connectivity index (χ1) is 34.8. The van der Waals surface area contributed by atoms with Crippen LogP contribution in [0.3, 0.4) is 0 Å². The van der Waals surface area contributed by atoms with Gasteiger partial charge in [-0.1, -0.05) is 41.5 Å². The second kappa shape index (κ2) is 37.7. The highest BCUT2D eigenvalue weighted by atomic mass is 16.4. The number of nitrogens with two attached hydrogens (primary N) is 4. The molecule has 0 bridgehead atoms.